The number of aromatic nitrogens is 2. The molecular formula is C30H26N4O10. The number of carbonyl (C=O) groups excluding carboxylic acids is 1. The minimum absolute atomic E-state index is 0.0530. The van der Waals surface area contributed by atoms with Gasteiger partial charge >= 0.3 is 12.0 Å². The number of rotatable bonds is 8. The number of hydrogen-bond acceptors (Lipinski definition) is 13. The van der Waals surface area contributed by atoms with Crippen LogP contribution >= 0.6 is 0 Å². The van der Waals surface area contributed by atoms with Gasteiger partial charge in [-0.25, -0.2) is 0 Å². The highest BCUT2D eigenvalue weighted by molar-refractivity contribution is 5.79. The summed E-state index contributed by atoms with van der Waals surface area (Å²) in [6.45, 7) is 0.224. The van der Waals surface area contributed by atoms with Gasteiger partial charge in [0.2, 0.25) is 18.4 Å². The fraction of sp³-hybridized carbons (Fsp3) is 0.300. The molecule has 3 aromatic carbocycles. The molecule has 226 valence electrons. The molecule has 3 aliphatic rings. The average molecular weight is 603 g/mol. The van der Waals surface area contributed by atoms with E-state index in [4.69, 9.17) is 32.8 Å². The van der Waals surface area contributed by atoms with Crippen LogP contribution in [0.5, 0.6) is 28.7 Å². The Bertz CT molecular complexity index is 1750. The Morgan fingerprint density at radius 2 is 1.59 bits per heavy atom. The number of nitro benzene ring substituents is 1. The first-order chi connectivity index (χ1) is 21.4. The predicted molar refractivity (Wildman–Crippen MR) is 151 cm³/mol. The van der Waals surface area contributed by atoms with Crippen LogP contribution in [-0.2, 0) is 9.53 Å². The first-order valence-electron chi connectivity index (χ1n) is 13.6. The largest absolute Gasteiger partial charge is 0.493 e. The van der Waals surface area contributed by atoms with Gasteiger partial charge in [0.15, 0.2) is 23.0 Å². The summed E-state index contributed by atoms with van der Waals surface area (Å²) in [4.78, 5) is 24.0. The lowest BCUT2D eigenvalue weighted by atomic mass is 9.65. The van der Waals surface area contributed by atoms with Gasteiger partial charge in [0.25, 0.3) is 5.69 Å². The molecule has 7 rings (SSSR count). The van der Waals surface area contributed by atoms with Crippen LogP contribution in [0.2, 0.25) is 0 Å². The summed E-state index contributed by atoms with van der Waals surface area (Å²) in [5.41, 5.74) is 2.88. The smallest absolute Gasteiger partial charge is 0.316 e. The van der Waals surface area contributed by atoms with Crippen molar-refractivity contribution in [1.29, 1.82) is 0 Å². The quantitative estimate of drug-likeness (QED) is 0.170. The van der Waals surface area contributed by atoms with E-state index in [1.807, 2.05) is 24.3 Å². The number of nitro groups is 1. The third-order valence-corrected chi connectivity index (χ3v) is 8.26. The first kappa shape index (κ1) is 27.3. The van der Waals surface area contributed by atoms with Gasteiger partial charge in [0, 0.05) is 29.5 Å². The molecule has 0 saturated carbocycles. The van der Waals surface area contributed by atoms with Gasteiger partial charge in [-0.1, -0.05) is 5.10 Å². The van der Waals surface area contributed by atoms with E-state index in [2.05, 4.69) is 15.5 Å². The second-order valence-electron chi connectivity index (χ2n) is 10.4. The number of ether oxygens (including phenoxy) is 6. The van der Waals surface area contributed by atoms with Crippen molar-refractivity contribution >= 4 is 17.7 Å². The molecule has 1 aliphatic carbocycles. The molecule has 4 aromatic rings. The summed E-state index contributed by atoms with van der Waals surface area (Å²) in [5.74, 6) is 0.914. The normalized spacial score (nSPS) is 21.2. The number of anilines is 1. The van der Waals surface area contributed by atoms with Crippen molar-refractivity contribution in [3.63, 3.8) is 0 Å². The molecule has 3 heterocycles. The van der Waals surface area contributed by atoms with E-state index >= 15 is 0 Å². The molecule has 1 saturated heterocycles. The van der Waals surface area contributed by atoms with Crippen molar-refractivity contribution < 1.29 is 42.6 Å². The summed E-state index contributed by atoms with van der Waals surface area (Å²) >= 11 is 0. The number of cyclic esters (lactones) is 1. The van der Waals surface area contributed by atoms with Gasteiger partial charge in [-0.05, 0) is 53.1 Å². The second kappa shape index (κ2) is 10.6. The molecule has 0 amide bonds. The van der Waals surface area contributed by atoms with Crippen LogP contribution in [-0.4, -0.2) is 55.8 Å². The number of methoxy groups -OCH3 is 3. The summed E-state index contributed by atoms with van der Waals surface area (Å²) in [7, 11) is 4.60. The van der Waals surface area contributed by atoms with Crippen LogP contribution < -0.4 is 29.0 Å². The summed E-state index contributed by atoms with van der Waals surface area (Å²) in [6, 6.07) is 12.9. The highest BCUT2D eigenvalue weighted by Crippen LogP contribution is 2.56. The molecule has 14 nitrogen and oxygen atoms in total. The average Bonchev–Trinajstić information content (AvgIpc) is 3.80. The zero-order valence-electron chi connectivity index (χ0n) is 23.8. The third-order valence-electron chi connectivity index (χ3n) is 8.26. The summed E-state index contributed by atoms with van der Waals surface area (Å²) in [6.07, 6.45) is 0. The molecule has 0 radical (unpaired) electrons. The molecule has 1 aromatic heterocycles. The number of nitrogens with one attached hydrogen (secondary N) is 1. The Kier molecular flexibility index (Phi) is 6.60. The minimum atomic E-state index is -0.597. The van der Waals surface area contributed by atoms with Crippen LogP contribution in [0.4, 0.5) is 11.7 Å². The fourth-order valence-corrected chi connectivity index (χ4v) is 6.29. The minimum Gasteiger partial charge on any atom is -0.493 e. The van der Waals surface area contributed by atoms with Gasteiger partial charge < -0.3 is 38.2 Å². The predicted octanol–water partition coefficient (Wildman–Crippen LogP) is 4.49. The van der Waals surface area contributed by atoms with Crippen molar-refractivity contribution in [1.82, 2.24) is 10.2 Å². The van der Waals surface area contributed by atoms with Gasteiger partial charge in [-0.3, -0.25) is 14.9 Å². The van der Waals surface area contributed by atoms with Crippen LogP contribution in [0.25, 0.3) is 11.5 Å². The molecule has 4 atom stereocenters. The van der Waals surface area contributed by atoms with Crippen LogP contribution in [0.1, 0.15) is 28.7 Å². The lowest BCUT2D eigenvalue weighted by molar-refractivity contribution is -0.384. The molecule has 1 N–H and O–H groups in total. The van der Waals surface area contributed by atoms with Crippen molar-refractivity contribution in [3.05, 3.63) is 75.3 Å². The standard InChI is InChI=1S/C30H26N4O10/c1-38-22-8-15(9-23(39-2)27(22)40-3)24-17-10-20-21(43-13-42-20)11-18(17)26(19-12-41-29(35)25(19)24)31-30-33-32-28(44-30)14-4-6-16(7-5-14)34(36)37/h4-11,19,24-26H,12-13H2,1-3H3,(H,31,33)/t19-,24+,25-,26+/m0/s1. The van der Waals surface area contributed by atoms with E-state index in [9.17, 15) is 14.9 Å². The van der Waals surface area contributed by atoms with Gasteiger partial charge in [-0.15, -0.1) is 5.10 Å². The van der Waals surface area contributed by atoms with Crippen LogP contribution in [0, 0.1) is 22.0 Å². The summed E-state index contributed by atoms with van der Waals surface area (Å²) < 4.78 is 39.8. The van der Waals surface area contributed by atoms with E-state index < -0.39 is 22.8 Å². The SMILES string of the molecule is COc1cc([C@@H]2c3cc4c(cc3[C@@H](Nc3nnc(-c5ccc([N+](=O)[O-])cc5)o3)[C@H]3COC(=O)[C@H]23)OCO4)cc(OC)c1OC. The topological polar surface area (TPSA) is 167 Å². The third kappa shape index (κ3) is 4.37. The van der Waals surface area contributed by atoms with Crippen molar-refractivity contribution in [2.75, 3.05) is 40.0 Å². The fourth-order valence-electron chi connectivity index (χ4n) is 6.29. The molecule has 44 heavy (non-hydrogen) atoms. The maximum absolute atomic E-state index is 13.4. The Balaban J connectivity index is 1.32. The van der Waals surface area contributed by atoms with Gasteiger partial charge in [-0.2, -0.15) is 0 Å². The Morgan fingerprint density at radius 3 is 2.23 bits per heavy atom. The van der Waals surface area contributed by atoms with Crippen LogP contribution in [0.3, 0.4) is 0 Å². The number of nitrogens with zero attached hydrogens (tertiary/aromatic N) is 3. The number of hydrogen-bond donors (Lipinski definition) is 1. The maximum Gasteiger partial charge on any atom is 0.316 e. The van der Waals surface area contributed by atoms with E-state index in [-0.39, 0.29) is 42.9 Å². The maximum atomic E-state index is 13.4. The molecule has 2 aliphatic heterocycles. The highest BCUT2D eigenvalue weighted by Gasteiger charge is 2.53. The molecule has 0 spiro atoms. The molecule has 0 bridgehead atoms. The number of carbonyl (C=O) groups is 1. The highest BCUT2D eigenvalue weighted by atomic mass is 16.7. The Labute approximate surface area is 249 Å². The monoisotopic (exact) mass is 602 g/mol. The van der Waals surface area contributed by atoms with Gasteiger partial charge in [0.1, 0.15) is 0 Å². The molecule has 14 heteroatoms. The first-order valence-corrected chi connectivity index (χ1v) is 13.6. The van der Waals surface area contributed by atoms with E-state index in [0.717, 1.165) is 16.7 Å². The van der Waals surface area contributed by atoms with Crippen LogP contribution in [0.15, 0.2) is 52.9 Å². The molecule has 1 fully saturated rings. The Hall–Kier alpha value is -5.53. The number of non-ortho nitro benzene ring substituents is 1. The Morgan fingerprint density at radius 1 is 0.909 bits per heavy atom. The van der Waals surface area contributed by atoms with Crippen molar-refractivity contribution in [2.24, 2.45) is 11.8 Å². The molecule has 0 unspecified atom stereocenters. The summed E-state index contributed by atoms with van der Waals surface area (Å²) in [5, 5.41) is 22.7. The lowest BCUT2D eigenvalue weighted by Gasteiger charge is -2.39. The molecular weight excluding hydrogens is 576 g/mol. The van der Waals surface area contributed by atoms with Crippen molar-refractivity contribution in [3.8, 4) is 40.2 Å². The van der Waals surface area contributed by atoms with Crippen molar-refractivity contribution in [2.45, 2.75) is 12.0 Å². The number of fused-ring (bicyclic) bond motifs is 3. The van der Waals surface area contributed by atoms with E-state index in [1.54, 1.807) is 0 Å². The number of benzene rings is 3. The zero-order valence-corrected chi connectivity index (χ0v) is 23.8. The van der Waals surface area contributed by atoms with E-state index in [0.29, 0.717) is 34.3 Å². The zero-order chi connectivity index (χ0) is 30.5. The lowest BCUT2D eigenvalue weighted by Crippen LogP contribution is -2.37. The van der Waals surface area contributed by atoms with Gasteiger partial charge in [0.05, 0.1) is 44.8 Å². The van der Waals surface area contributed by atoms with E-state index in [1.165, 1.54) is 45.6 Å². The second-order valence-corrected chi connectivity index (χ2v) is 10.4. The number of esters is 1.